The lowest BCUT2D eigenvalue weighted by atomic mass is 10.2. The number of methoxy groups -OCH3 is 1. The second-order valence-corrected chi connectivity index (χ2v) is 9.03. The Labute approximate surface area is 183 Å². The van der Waals surface area contributed by atoms with Crippen LogP contribution in [0.25, 0.3) is 0 Å². The van der Waals surface area contributed by atoms with Crippen LogP contribution in [0.4, 0.5) is 4.39 Å². The van der Waals surface area contributed by atoms with Gasteiger partial charge in [-0.15, -0.1) is 0 Å². The van der Waals surface area contributed by atoms with E-state index in [1.807, 2.05) is 0 Å². The van der Waals surface area contributed by atoms with Crippen LogP contribution in [0.5, 0.6) is 5.75 Å². The number of sulfonamides is 1. The molecule has 1 heterocycles. The fraction of sp³-hybridized carbons (Fsp3) is 0.316. The Hall–Kier alpha value is -1.91. The minimum Gasteiger partial charge on any atom is -0.496 e. The van der Waals surface area contributed by atoms with Gasteiger partial charge in [0.15, 0.2) is 0 Å². The zero-order chi connectivity index (χ0) is 21.9. The Kier molecular flexibility index (Phi) is 7.20. The summed E-state index contributed by atoms with van der Waals surface area (Å²) in [6.07, 6.45) is 0. The first-order chi connectivity index (χ1) is 14.2. The molecule has 1 fully saturated rings. The standard InChI is InChI=1S/C19H18Cl2FNO6S/c1-27-17-3-2-13(22)8-12(17)11-29-19(24)14-9-18(16(21)10-15(14)20)30(25,26)23-4-6-28-7-5-23/h2-3,8-10H,4-7,11H2,1H3. The van der Waals surface area contributed by atoms with Gasteiger partial charge in [-0.25, -0.2) is 17.6 Å². The number of benzene rings is 2. The Balaban J connectivity index is 1.86. The molecule has 2 aromatic rings. The van der Waals surface area contributed by atoms with E-state index < -0.39 is 21.8 Å². The molecule has 0 amide bonds. The number of carbonyl (C=O) groups excluding carboxylic acids is 1. The third kappa shape index (κ3) is 4.87. The van der Waals surface area contributed by atoms with Gasteiger partial charge in [0.1, 0.15) is 23.1 Å². The second kappa shape index (κ2) is 9.49. The number of esters is 1. The predicted octanol–water partition coefficient (Wildman–Crippen LogP) is 3.52. The Morgan fingerprint density at radius 2 is 1.87 bits per heavy atom. The molecule has 7 nitrogen and oxygen atoms in total. The molecule has 3 rings (SSSR count). The number of carbonyl (C=O) groups is 1. The second-order valence-electron chi connectivity index (χ2n) is 6.31. The molecule has 0 N–H and O–H groups in total. The summed E-state index contributed by atoms with van der Waals surface area (Å²) in [6.45, 7) is 0.550. The van der Waals surface area contributed by atoms with Crippen molar-refractivity contribution < 1.29 is 31.8 Å². The lowest BCUT2D eigenvalue weighted by Crippen LogP contribution is -2.40. The topological polar surface area (TPSA) is 82.1 Å². The number of halogens is 3. The Morgan fingerprint density at radius 1 is 1.17 bits per heavy atom. The largest absolute Gasteiger partial charge is 0.496 e. The highest BCUT2D eigenvalue weighted by Gasteiger charge is 2.30. The zero-order valence-electron chi connectivity index (χ0n) is 15.9. The number of rotatable bonds is 6. The number of ether oxygens (including phenoxy) is 3. The lowest BCUT2D eigenvalue weighted by Gasteiger charge is -2.26. The summed E-state index contributed by atoms with van der Waals surface area (Å²) in [5.74, 6) is -1.08. The molecule has 1 aliphatic rings. The van der Waals surface area contributed by atoms with E-state index >= 15 is 0 Å². The first-order valence-electron chi connectivity index (χ1n) is 8.80. The van der Waals surface area contributed by atoms with Gasteiger partial charge in [0.2, 0.25) is 10.0 Å². The Bertz CT molecular complexity index is 1060. The predicted molar refractivity (Wildman–Crippen MR) is 108 cm³/mol. The molecule has 0 aliphatic carbocycles. The number of hydrogen-bond acceptors (Lipinski definition) is 6. The van der Waals surface area contributed by atoms with E-state index in [1.54, 1.807) is 0 Å². The highest BCUT2D eigenvalue weighted by atomic mass is 35.5. The summed E-state index contributed by atoms with van der Waals surface area (Å²) >= 11 is 12.2. The van der Waals surface area contributed by atoms with Crippen molar-refractivity contribution in [1.82, 2.24) is 4.31 Å². The molecule has 162 valence electrons. The minimum atomic E-state index is -3.96. The van der Waals surface area contributed by atoms with Crippen molar-refractivity contribution in [3.05, 3.63) is 57.3 Å². The van der Waals surface area contributed by atoms with E-state index in [4.69, 9.17) is 37.4 Å². The van der Waals surface area contributed by atoms with Gasteiger partial charge in [-0.3, -0.25) is 0 Å². The average Bonchev–Trinajstić information content (AvgIpc) is 2.72. The molecule has 1 aliphatic heterocycles. The third-order valence-corrected chi connectivity index (χ3v) is 7.11. The van der Waals surface area contributed by atoms with Gasteiger partial charge in [0.25, 0.3) is 0 Å². The average molecular weight is 478 g/mol. The molecular weight excluding hydrogens is 460 g/mol. The van der Waals surface area contributed by atoms with Crippen molar-refractivity contribution in [2.75, 3.05) is 33.4 Å². The first-order valence-corrected chi connectivity index (χ1v) is 11.0. The van der Waals surface area contributed by atoms with Gasteiger partial charge < -0.3 is 14.2 Å². The van der Waals surface area contributed by atoms with E-state index in [0.717, 1.165) is 6.07 Å². The number of morpholine rings is 1. The molecule has 0 aromatic heterocycles. The van der Waals surface area contributed by atoms with Gasteiger partial charge in [-0.2, -0.15) is 4.31 Å². The highest BCUT2D eigenvalue weighted by Crippen LogP contribution is 2.32. The maximum Gasteiger partial charge on any atom is 0.340 e. The molecule has 0 radical (unpaired) electrons. The van der Waals surface area contributed by atoms with Crippen LogP contribution in [0.1, 0.15) is 15.9 Å². The van der Waals surface area contributed by atoms with Crippen LogP contribution >= 0.6 is 23.2 Å². The monoisotopic (exact) mass is 477 g/mol. The minimum absolute atomic E-state index is 0.0721. The summed E-state index contributed by atoms with van der Waals surface area (Å²) < 4.78 is 56.1. The van der Waals surface area contributed by atoms with E-state index in [2.05, 4.69) is 0 Å². The molecule has 11 heteroatoms. The van der Waals surface area contributed by atoms with Crippen LogP contribution in [-0.4, -0.2) is 52.1 Å². The van der Waals surface area contributed by atoms with Crippen LogP contribution in [0, 0.1) is 5.82 Å². The fourth-order valence-corrected chi connectivity index (χ4v) is 5.12. The maximum atomic E-state index is 13.5. The fourth-order valence-electron chi connectivity index (χ4n) is 2.89. The summed E-state index contributed by atoms with van der Waals surface area (Å²) in [6, 6.07) is 6.05. The number of hydrogen-bond donors (Lipinski definition) is 0. The quantitative estimate of drug-likeness (QED) is 0.592. The molecule has 0 bridgehead atoms. The molecule has 0 atom stereocenters. The molecule has 0 spiro atoms. The van der Waals surface area contributed by atoms with Gasteiger partial charge in [-0.1, -0.05) is 23.2 Å². The zero-order valence-corrected chi connectivity index (χ0v) is 18.2. The SMILES string of the molecule is COc1ccc(F)cc1COC(=O)c1cc(S(=O)(=O)N2CCOCC2)c(Cl)cc1Cl. The van der Waals surface area contributed by atoms with Crippen LogP contribution in [0.3, 0.4) is 0 Å². The van der Waals surface area contributed by atoms with Crippen molar-refractivity contribution in [2.24, 2.45) is 0 Å². The molecule has 30 heavy (non-hydrogen) atoms. The summed E-state index contributed by atoms with van der Waals surface area (Å²) in [4.78, 5) is 12.3. The van der Waals surface area contributed by atoms with Gasteiger partial charge in [0, 0.05) is 18.7 Å². The van der Waals surface area contributed by atoms with Crippen LogP contribution in [0.2, 0.25) is 10.0 Å². The van der Waals surface area contributed by atoms with Crippen LogP contribution in [-0.2, 0) is 26.1 Å². The van der Waals surface area contributed by atoms with Crippen molar-refractivity contribution >= 4 is 39.2 Å². The Morgan fingerprint density at radius 3 is 2.53 bits per heavy atom. The summed E-state index contributed by atoms with van der Waals surface area (Å²) in [5, 5.41) is -0.188. The summed E-state index contributed by atoms with van der Waals surface area (Å²) in [5.41, 5.74) is 0.125. The van der Waals surface area contributed by atoms with Gasteiger partial charge >= 0.3 is 5.97 Å². The van der Waals surface area contributed by atoms with E-state index in [9.17, 15) is 17.6 Å². The molecule has 0 unspecified atom stereocenters. The molecular formula is C19H18Cl2FNO6S. The van der Waals surface area contributed by atoms with E-state index in [1.165, 1.54) is 35.7 Å². The number of nitrogens with zero attached hydrogens (tertiary/aromatic N) is 1. The van der Waals surface area contributed by atoms with Crippen molar-refractivity contribution in [2.45, 2.75) is 11.5 Å². The van der Waals surface area contributed by atoms with Crippen LogP contribution < -0.4 is 4.74 Å². The van der Waals surface area contributed by atoms with Crippen LogP contribution in [0.15, 0.2) is 35.2 Å². The van der Waals surface area contributed by atoms with E-state index in [0.29, 0.717) is 11.3 Å². The molecule has 0 saturated carbocycles. The van der Waals surface area contributed by atoms with Gasteiger partial charge in [0.05, 0.1) is 35.9 Å². The van der Waals surface area contributed by atoms with Crippen molar-refractivity contribution in [1.29, 1.82) is 0 Å². The van der Waals surface area contributed by atoms with Crippen molar-refractivity contribution in [3.8, 4) is 5.75 Å². The molecule has 2 aromatic carbocycles. The lowest BCUT2D eigenvalue weighted by molar-refractivity contribution is 0.0469. The van der Waals surface area contributed by atoms with Crippen molar-refractivity contribution in [3.63, 3.8) is 0 Å². The highest BCUT2D eigenvalue weighted by molar-refractivity contribution is 7.89. The third-order valence-electron chi connectivity index (χ3n) is 4.43. The first kappa shape index (κ1) is 22.8. The maximum absolute atomic E-state index is 13.5. The van der Waals surface area contributed by atoms with Gasteiger partial charge in [-0.05, 0) is 30.3 Å². The summed E-state index contributed by atoms with van der Waals surface area (Å²) in [7, 11) is -2.56. The molecule has 1 saturated heterocycles. The normalized spacial score (nSPS) is 15.1. The van der Waals surface area contributed by atoms with E-state index in [-0.39, 0.29) is 53.4 Å². The smallest absolute Gasteiger partial charge is 0.340 e.